The van der Waals surface area contributed by atoms with Gasteiger partial charge in [-0.3, -0.25) is 0 Å². The second-order valence-electron chi connectivity index (χ2n) is 2.92. The minimum Gasteiger partial charge on any atom is -0.394 e. The summed E-state index contributed by atoms with van der Waals surface area (Å²) < 4.78 is 15.6. The molecule has 0 radical (unpaired) electrons. The molecule has 2 saturated heterocycles. The van der Waals surface area contributed by atoms with Crippen molar-refractivity contribution < 1.29 is 19.3 Å². The van der Waals surface area contributed by atoms with Crippen LogP contribution in [0.3, 0.4) is 0 Å². The smallest absolute Gasteiger partial charge is 0.186 e. The molecule has 2 aliphatic heterocycles. The van der Waals surface area contributed by atoms with Crippen molar-refractivity contribution in [2.24, 2.45) is 0 Å². The van der Waals surface area contributed by atoms with Gasteiger partial charge in [-0.1, -0.05) is 0 Å². The molecule has 0 aliphatic carbocycles. The van der Waals surface area contributed by atoms with E-state index in [1.807, 2.05) is 0 Å². The molecule has 2 fully saturated rings. The third-order valence-corrected chi connectivity index (χ3v) is 2.15. The Hall–Kier alpha value is -0.160. The van der Waals surface area contributed by atoms with E-state index in [-0.39, 0.29) is 31.2 Å². The molecule has 0 aromatic heterocycles. The molecule has 0 aromatic rings. The third kappa shape index (κ3) is 1.27. The Balaban J connectivity index is 1.92. The first-order valence-electron chi connectivity index (χ1n) is 3.79. The van der Waals surface area contributed by atoms with Crippen LogP contribution in [0.25, 0.3) is 0 Å². The monoisotopic (exact) mass is 160 g/mol. The zero-order valence-electron chi connectivity index (χ0n) is 6.40. The van der Waals surface area contributed by atoms with E-state index in [4.69, 9.17) is 19.3 Å². The number of fused-ring (bicyclic) bond motifs is 1. The minimum absolute atomic E-state index is 0.0481. The molecule has 4 heteroatoms. The van der Waals surface area contributed by atoms with Crippen molar-refractivity contribution in [3.8, 4) is 0 Å². The highest BCUT2D eigenvalue weighted by atomic mass is 16.7. The number of aliphatic hydroxyl groups is 1. The fourth-order valence-electron chi connectivity index (χ4n) is 1.47. The molecule has 1 N–H and O–H groups in total. The van der Waals surface area contributed by atoms with Gasteiger partial charge in [0.2, 0.25) is 0 Å². The average Bonchev–Trinajstić information content (AvgIpc) is 2.80. The van der Waals surface area contributed by atoms with Crippen LogP contribution in [0.15, 0.2) is 0 Å². The number of ether oxygens (including phenoxy) is 3. The van der Waals surface area contributed by atoms with E-state index in [9.17, 15) is 0 Å². The minimum atomic E-state index is -0.272. The summed E-state index contributed by atoms with van der Waals surface area (Å²) in [6, 6.07) is 0. The Morgan fingerprint density at radius 3 is 3.00 bits per heavy atom. The summed E-state index contributed by atoms with van der Waals surface area (Å²) in [7, 11) is 1.59. The highest BCUT2D eigenvalue weighted by molar-refractivity contribution is 4.93. The van der Waals surface area contributed by atoms with Crippen LogP contribution in [0.5, 0.6) is 0 Å². The van der Waals surface area contributed by atoms with Gasteiger partial charge in [0.1, 0.15) is 6.10 Å². The first kappa shape index (κ1) is 7.49. The maximum absolute atomic E-state index is 8.80. The lowest BCUT2D eigenvalue weighted by Crippen LogP contribution is -2.36. The van der Waals surface area contributed by atoms with Gasteiger partial charge in [0, 0.05) is 13.5 Å². The van der Waals surface area contributed by atoms with Crippen LogP contribution in [-0.2, 0) is 14.2 Å². The van der Waals surface area contributed by atoms with Crippen molar-refractivity contribution in [3.05, 3.63) is 0 Å². The normalized spacial score (nSPS) is 48.5. The highest BCUT2D eigenvalue weighted by Crippen LogP contribution is 2.36. The van der Waals surface area contributed by atoms with Gasteiger partial charge in [0.25, 0.3) is 0 Å². The number of hydrogen-bond acceptors (Lipinski definition) is 4. The molecule has 4 nitrogen and oxygen atoms in total. The molecule has 0 bridgehead atoms. The quantitative estimate of drug-likeness (QED) is 0.554. The lowest BCUT2D eigenvalue weighted by Gasteiger charge is -2.24. The zero-order valence-corrected chi connectivity index (χ0v) is 6.40. The highest BCUT2D eigenvalue weighted by Gasteiger charge is 2.51. The Labute approximate surface area is 65.1 Å². The molecule has 2 rings (SSSR count). The molecule has 0 amide bonds. The standard InChI is InChI=1S/C7H12O4/c1-9-7-6-5(11-6)2-4(3-8)10-7/h4-8H,2-3H2,1H3/t4-,5-,6-,7+/m1/s1. The zero-order chi connectivity index (χ0) is 7.84. The lowest BCUT2D eigenvalue weighted by atomic mass is 10.1. The SMILES string of the molecule is CO[C@H]1O[C@@H](CO)C[C@H]2O[C@@H]12. The second kappa shape index (κ2) is 2.71. The van der Waals surface area contributed by atoms with E-state index in [2.05, 4.69) is 0 Å². The summed E-state index contributed by atoms with van der Waals surface area (Å²) in [6.07, 6.45) is 0.782. The van der Waals surface area contributed by atoms with Gasteiger partial charge in [-0.25, -0.2) is 0 Å². The first-order chi connectivity index (χ1) is 5.35. The Morgan fingerprint density at radius 2 is 2.36 bits per heavy atom. The van der Waals surface area contributed by atoms with Crippen molar-refractivity contribution in [1.82, 2.24) is 0 Å². The molecule has 4 atom stereocenters. The van der Waals surface area contributed by atoms with E-state index in [1.54, 1.807) is 7.11 Å². The molecular weight excluding hydrogens is 148 g/mol. The van der Waals surface area contributed by atoms with Gasteiger partial charge in [-0.05, 0) is 0 Å². The molecule has 0 spiro atoms. The van der Waals surface area contributed by atoms with E-state index >= 15 is 0 Å². The van der Waals surface area contributed by atoms with E-state index in [1.165, 1.54) is 0 Å². The number of hydrogen-bond donors (Lipinski definition) is 1. The van der Waals surface area contributed by atoms with Crippen molar-refractivity contribution in [1.29, 1.82) is 0 Å². The topological polar surface area (TPSA) is 51.2 Å². The van der Waals surface area contributed by atoms with E-state index in [0.29, 0.717) is 0 Å². The van der Waals surface area contributed by atoms with Crippen LogP contribution >= 0.6 is 0 Å². The Bertz CT molecular complexity index is 149. The number of aliphatic hydroxyl groups excluding tert-OH is 1. The van der Waals surface area contributed by atoms with E-state index < -0.39 is 0 Å². The maximum atomic E-state index is 8.80. The predicted molar refractivity (Wildman–Crippen MR) is 36.0 cm³/mol. The van der Waals surface area contributed by atoms with E-state index in [0.717, 1.165) is 6.42 Å². The summed E-state index contributed by atoms with van der Waals surface area (Å²) in [6.45, 7) is 0.0481. The molecule has 2 aliphatic rings. The van der Waals surface area contributed by atoms with Crippen LogP contribution in [-0.4, -0.2) is 43.4 Å². The summed E-state index contributed by atoms with van der Waals surface area (Å²) in [4.78, 5) is 0. The largest absolute Gasteiger partial charge is 0.394 e. The van der Waals surface area contributed by atoms with Gasteiger partial charge in [0.15, 0.2) is 6.29 Å². The summed E-state index contributed by atoms with van der Waals surface area (Å²) in [5.74, 6) is 0. The average molecular weight is 160 g/mol. The van der Waals surface area contributed by atoms with Gasteiger partial charge >= 0.3 is 0 Å². The van der Waals surface area contributed by atoms with Gasteiger partial charge in [-0.15, -0.1) is 0 Å². The van der Waals surface area contributed by atoms with Gasteiger partial charge in [0.05, 0.1) is 18.8 Å². The Kier molecular flexibility index (Phi) is 1.85. The number of epoxide rings is 1. The summed E-state index contributed by atoms with van der Waals surface area (Å²) >= 11 is 0. The van der Waals surface area contributed by atoms with Crippen molar-refractivity contribution in [2.75, 3.05) is 13.7 Å². The van der Waals surface area contributed by atoms with Gasteiger partial charge < -0.3 is 19.3 Å². The van der Waals surface area contributed by atoms with Crippen molar-refractivity contribution >= 4 is 0 Å². The molecule has 0 aromatic carbocycles. The van der Waals surface area contributed by atoms with Crippen LogP contribution in [0.2, 0.25) is 0 Å². The molecule has 11 heavy (non-hydrogen) atoms. The van der Waals surface area contributed by atoms with Crippen LogP contribution in [0.1, 0.15) is 6.42 Å². The predicted octanol–water partition coefficient (Wildman–Crippen LogP) is -0.493. The second-order valence-corrected chi connectivity index (χ2v) is 2.92. The fourth-order valence-corrected chi connectivity index (χ4v) is 1.47. The van der Waals surface area contributed by atoms with Crippen molar-refractivity contribution in [3.63, 3.8) is 0 Å². The van der Waals surface area contributed by atoms with Crippen LogP contribution < -0.4 is 0 Å². The summed E-state index contributed by atoms with van der Waals surface area (Å²) in [5.41, 5.74) is 0. The number of methoxy groups -OCH3 is 1. The van der Waals surface area contributed by atoms with Crippen molar-refractivity contribution in [2.45, 2.75) is 31.0 Å². The van der Waals surface area contributed by atoms with Crippen LogP contribution in [0.4, 0.5) is 0 Å². The number of rotatable bonds is 2. The lowest BCUT2D eigenvalue weighted by molar-refractivity contribution is -0.181. The fraction of sp³-hybridized carbons (Fsp3) is 1.00. The third-order valence-electron chi connectivity index (χ3n) is 2.15. The van der Waals surface area contributed by atoms with Gasteiger partial charge in [-0.2, -0.15) is 0 Å². The molecule has 0 saturated carbocycles. The molecule has 0 unspecified atom stereocenters. The van der Waals surface area contributed by atoms with Crippen LogP contribution in [0, 0.1) is 0 Å². The molecule has 64 valence electrons. The first-order valence-corrected chi connectivity index (χ1v) is 3.79. The maximum Gasteiger partial charge on any atom is 0.186 e. The molecular formula is C7H12O4. The molecule has 2 heterocycles. The summed E-state index contributed by atoms with van der Waals surface area (Å²) in [5, 5.41) is 8.80. The Morgan fingerprint density at radius 1 is 1.55 bits per heavy atom.